The molecule has 1 aliphatic heterocycles. The molecule has 1 aliphatic rings. The van der Waals surface area contributed by atoms with Gasteiger partial charge >= 0.3 is 6.18 Å². The highest BCUT2D eigenvalue weighted by Crippen LogP contribution is 2.32. The first-order chi connectivity index (χ1) is 10.3. The first-order valence-electron chi connectivity index (χ1n) is 7.09. The van der Waals surface area contributed by atoms with E-state index in [9.17, 15) is 18.0 Å². The van der Waals surface area contributed by atoms with Crippen molar-refractivity contribution in [3.05, 3.63) is 35.4 Å². The van der Waals surface area contributed by atoms with Crippen molar-refractivity contribution in [3.8, 4) is 0 Å². The van der Waals surface area contributed by atoms with Gasteiger partial charge in [-0.05, 0) is 24.6 Å². The summed E-state index contributed by atoms with van der Waals surface area (Å²) in [4.78, 5) is 13.6. The molecule has 2 rings (SSSR count). The van der Waals surface area contributed by atoms with Crippen LogP contribution in [0.25, 0.3) is 0 Å². The Kier molecular flexibility index (Phi) is 5.08. The highest BCUT2D eigenvalue weighted by atomic mass is 19.4. The minimum Gasteiger partial charge on any atom is -0.370 e. The lowest BCUT2D eigenvalue weighted by atomic mass is 10.0. The second-order valence-electron chi connectivity index (χ2n) is 5.50. The Labute approximate surface area is 127 Å². The fraction of sp³-hybridized carbons (Fsp3) is 0.533. The van der Waals surface area contributed by atoms with Gasteiger partial charge in [0.1, 0.15) is 6.10 Å². The van der Waals surface area contributed by atoms with Crippen LogP contribution in [0.4, 0.5) is 13.2 Å². The van der Waals surface area contributed by atoms with Crippen molar-refractivity contribution in [2.45, 2.75) is 31.7 Å². The van der Waals surface area contributed by atoms with E-state index in [2.05, 4.69) is 0 Å². The summed E-state index contributed by atoms with van der Waals surface area (Å²) in [5.41, 5.74) is 5.32. The summed E-state index contributed by atoms with van der Waals surface area (Å²) in [5, 5.41) is 0. The van der Waals surface area contributed by atoms with Gasteiger partial charge in [0, 0.05) is 19.0 Å². The molecule has 0 aliphatic carbocycles. The number of morpholine rings is 1. The minimum absolute atomic E-state index is 0.102. The zero-order valence-electron chi connectivity index (χ0n) is 12.3. The molecule has 1 heterocycles. The Morgan fingerprint density at radius 1 is 1.50 bits per heavy atom. The van der Waals surface area contributed by atoms with Crippen molar-refractivity contribution >= 4 is 5.91 Å². The van der Waals surface area contributed by atoms with Gasteiger partial charge in [0.05, 0.1) is 18.7 Å². The molecule has 1 aromatic rings. The molecule has 2 N–H and O–H groups in total. The molecule has 22 heavy (non-hydrogen) atoms. The lowest BCUT2D eigenvalue weighted by molar-refractivity contribution is -0.140. The molecule has 1 fully saturated rings. The monoisotopic (exact) mass is 316 g/mol. The summed E-state index contributed by atoms with van der Waals surface area (Å²) in [6.45, 7) is 2.71. The summed E-state index contributed by atoms with van der Waals surface area (Å²) in [6.07, 6.45) is -4.72. The number of carbonyl (C=O) groups is 1. The topological polar surface area (TPSA) is 55.6 Å². The van der Waals surface area contributed by atoms with Gasteiger partial charge in [-0.1, -0.05) is 12.1 Å². The van der Waals surface area contributed by atoms with E-state index in [1.807, 2.05) is 0 Å². The van der Waals surface area contributed by atoms with Crippen LogP contribution < -0.4 is 5.73 Å². The standard InChI is InChI=1S/C15H19F3N2O2/c1-10(19)7-14(21)20-5-6-22-13(9-20)11-3-2-4-12(8-11)15(16,17)18/h2-4,8,10,13H,5-7,9,19H2,1H3. The second kappa shape index (κ2) is 6.66. The number of nitrogens with zero attached hydrogens (tertiary/aromatic N) is 1. The zero-order chi connectivity index (χ0) is 16.3. The van der Waals surface area contributed by atoms with E-state index in [1.165, 1.54) is 6.07 Å². The molecule has 1 amide bonds. The molecule has 1 saturated heterocycles. The van der Waals surface area contributed by atoms with Crippen molar-refractivity contribution in [2.24, 2.45) is 5.73 Å². The summed E-state index contributed by atoms with van der Waals surface area (Å²) in [6, 6.07) is 4.78. The number of hydrogen-bond donors (Lipinski definition) is 1. The third kappa shape index (κ3) is 4.20. The van der Waals surface area contributed by atoms with Gasteiger partial charge in [-0.15, -0.1) is 0 Å². The highest BCUT2D eigenvalue weighted by Gasteiger charge is 2.32. The lowest BCUT2D eigenvalue weighted by Crippen LogP contribution is -2.43. The van der Waals surface area contributed by atoms with Gasteiger partial charge in [0.2, 0.25) is 5.91 Å². The first-order valence-corrected chi connectivity index (χ1v) is 7.09. The first kappa shape index (κ1) is 16.8. The molecule has 2 atom stereocenters. The highest BCUT2D eigenvalue weighted by molar-refractivity contribution is 5.76. The number of amides is 1. The minimum atomic E-state index is -4.39. The molecule has 0 spiro atoms. The number of carbonyl (C=O) groups excluding carboxylic acids is 1. The normalized spacial score (nSPS) is 20.8. The quantitative estimate of drug-likeness (QED) is 0.931. The second-order valence-corrected chi connectivity index (χ2v) is 5.50. The molecule has 0 aromatic heterocycles. The molecular weight excluding hydrogens is 297 g/mol. The third-order valence-electron chi connectivity index (χ3n) is 3.50. The van der Waals surface area contributed by atoms with Crippen LogP contribution in [0.3, 0.4) is 0 Å². The van der Waals surface area contributed by atoms with E-state index in [0.717, 1.165) is 12.1 Å². The van der Waals surface area contributed by atoms with E-state index in [4.69, 9.17) is 10.5 Å². The van der Waals surface area contributed by atoms with E-state index in [1.54, 1.807) is 17.9 Å². The summed E-state index contributed by atoms with van der Waals surface area (Å²) in [5.74, 6) is -0.102. The Morgan fingerprint density at radius 2 is 2.23 bits per heavy atom. The maximum absolute atomic E-state index is 12.8. The van der Waals surface area contributed by atoms with E-state index in [-0.39, 0.29) is 24.9 Å². The van der Waals surface area contributed by atoms with Crippen molar-refractivity contribution < 1.29 is 22.7 Å². The maximum atomic E-state index is 12.8. The Balaban J connectivity index is 2.11. The molecule has 122 valence electrons. The predicted molar refractivity (Wildman–Crippen MR) is 75.0 cm³/mol. The number of ether oxygens (including phenoxy) is 1. The molecular formula is C15H19F3N2O2. The Bertz CT molecular complexity index is 532. The van der Waals surface area contributed by atoms with Crippen LogP contribution in [0.15, 0.2) is 24.3 Å². The van der Waals surface area contributed by atoms with E-state index in [0.29, 0.717) is 18.7 Å². The predicted octanol–water partition coefficient (Wildman–Crippen LogP) is 2.34. The van der Waals surface area contributed by atoms with Crippen LogP contribution in [0.5, 0.6) is 0 Å². The average molecular weight is 316 g/mol. The average Bonchev–Trinajstić information content (AvgIpc) is 2.46. The molecule has 0 saturated carbocycles. The zero-order valence-corrected chi connectivity index (χ0v) is 12.3. The van der Waals surface area contributed by atoms with E-state index < -0.39 is 17.8 Å². The molecule has 0 bridgehead atoms. The molecule has 2 unspecified atom stereocenters. The number of nitrogens with two attached hydrogens (primary N) is 1. The maximum Gasteiger partial charge on any atom is 0.416 e. The van der Waals surface area contributed by atoms with Crippen LogP contribution in [-0.4, -0.2) is 36.5 Å². The lowest BCUT2D eigenvalue weighted by Gasteiger charge is -2.33. The number of alkyl halides is 3. The largest absolute Gasteiger partial charge is 0.416 e. The van der Waals surface area contributed by atoms with Gasteiger partial charge in [0.15, 0.2) is 0 Å². The smallest absolute Gasteiger partial charge is 0.370 e. The SMILES string of the molecule is CC(N)CC(=O)N1CCOC(c2cccc(C(F)(F)F)c2)C1. The Morgan fingerprint density at radius 3 is 2.86 bits per heavy atom. The third-order valence-corrected chi connectivity index (χ3v) is 3.50. The van der Waals surface area contributed by atoms with Gasteiger partial charge in [-0.2, -0.15) is 13.2 Å². The number of rotatable bonds is 3. The van der Waals surface area contributed by atoms with E-state index >= 15 is 0 Å². The molecule has 7 heteroatoms. The summed E-state index contributed by atoms with van der Waals surface area (Å²) in [7, 11) is 0. The Hall–Kier alpha value is -1.60. The van der Waals surface area contributed by atoms with Gasteiger partial charge in [0.25, 0.3) is 0 Å². The summed E-state index contributed by atoms with van der Waals surface area (Å²) < 4.78 is 43.8. The van der Waals surface area contributed by atoms with Crippen molar-refractivity contribution in [3.63, 3.8) is 0 Å². The van der Waals surface area contributed by atoms with Gasteiger partial charge in [-0.3, -0.25) is 4.79 Å². The van der Waals surface area contributed by atoms with Crippen molar-refractivity contribution in [1.29, 1.82) is 0 Å². The number of hydrogen-bond acceptors (Lipinski definition) is 3. The van der Waals surface area contributed by atoms with Crippen molar-refractivity contribution in [2.75, 3.05) is 19.7 Å². The number of halogens is 3. The summed E-state index contributed by atoms with van der Waals surface area (Å²) >= 11 is 0. The molecule has 4 nitrogen and oxygen atoms in total. The van der Waals surface area contributed by atoms with Crippen LogP contribution in [0.1, 0.15) is 30.6 Å². The molecule has 0 radical (unpaired) electrons. The van der Waals surface area contributed by atoms with Crippen LogP contribution >= 0.6 is 0 Å². The van der Waals surface area contributed by atoms with Gasteiger partial charge < -0.3 is 15.4 Å². The number of benzene rings is 1. The van der Waals surface area contributed by atoms with Crippen LogP contribution in [0.2, 0.25) is 0 Å². The fourth-order valence-corrected chi connectivity index (χ4v) is 2.40. The van der Waals surface area contributed by atoms with Crippen LogP contribution in [0, 0.1) is 0 Å². The van der Waals surface area contributed by atoms with Gasteiger partial charge in [-0.25, -0.2) is 0 Å². The molecule has 1 aromatic carbocycles. The van der Waals surface area contributed by atoms with Crippen LogP contribution in [-0.2, 0) is 15.7 Å². The van der Waals surface area contributed by atoms with Crippen molar-refractivity contribution in [1.82, 2.24) is 4.90 Å². The fourth-order valence-electron chi connectivity index (χ4n) is 2.40.